The van der Waals surface area contributed by atoms with Crippen molar-refractivity contribution < 1.29 is 19.1 Å². The molecule has 2 aromatic carbocycles. The third-order valence-corrected chi connectivity index (χ3v) is 5.18. The van der Waals surface area contributed by atoms with Crippen molar-refractivity contribution in [1.82, 2.24) is 0 Å². The summed E-state index contributed by atoms with van der Waals surface area (Å²) in [6, 6.07) is 12.6. The first kappa shape index (κ1) is 17.3. The van der Waals surface area contributed by atoms with E-state index in [2.05, 4.69) is 5.32 Å². The zero-order valence-electron chi connectivity index (χ0n) is 15.2. The lowest BCUT2D eigenvalue weighted by Crippen LogP contribution is -2.48. The Kier molecular flexibility index (Phi) is 3.98. The standard InChI is InChI=1S/C21H20N2O4/c1-13(24)23-10-9-14-11-16(7-8-18(14)23)22-20(26)21(2)12-15-5-3-4-6-17(15)19(25)27-21/h3-8,11H,9-10,12H2,1-2H3,(H,22,26). The van der Waals surface area contributed by atoms with Crippen molar-refractivity contribution in [3.63, 3.8) is 0 Å². The average molecular weight is 364 g/mol. The molecule has 138 valence electrons. The Morgan fingerprint density at radius 3 is 2.70 bits per heavy atom. The highest BCUT2D eigenvalue weighted by Crippen LogP contribution is 2.32. The molecule has 4 rings (SSSR count). The van der Waals surface area contributed by atoms with Crippen molar-refractivity contribution in [3.8, 4) is 0 Å². The van der Waals surface area contributed by atoms with Crippen molar-refractivity contribution in [2.24, 2.45) is 0 Å². The van der Waals surface area contributed by atoms with E-state index in [9.17, 15) is 14.4 Å². The minimum atomic E-state index is -1.27. The number of rotatable bonds is 2. The fourth-order valence-corrected chi connectivity index (χ4v) is 3.73. The Morgan fingerprint density at radius 2 is 1.93 bits per heavy atom. The fraction of sp³-hybridized carbons (Fsp3) is 0.286. The van der Waals surface area contributed by atoms with Crippen LogP contribution in [-0.4, -0.2) is 29.9 Å². The van der Waals surface area contributed by atoms with E-state index in [1.807, 2.05) is 24.3 Å². The summed E-state index contributed by atoms with van der Waals surface area (Å²) in [5.41, 5.74) is 2.56. The maximum atomic E-state index is 12.9. The molecule has 2 amide bonds. The highest BCUT2D eigenvalue weighted by Gasteiger charge is 2.42. The Hall–Kier alpha value is -3.15. The van der Waals surface area contributed by atoms with Gasteiger partial charge in [0.05, 0.1) is 5.56 Å². The number of anilines is 2. The van der Waals surface area contributed by atoms with Crippen molar-refractivity contribution in [1.29, 1.82) is 0 Å². The summed E-state index contributed by atoms with van der Waals surface area (Å²) < 4.78 is 5.47. The van der Waals surface area contributed by atoms with Gasteiger partial charge in [0.25, 0.3) is 5.91 Å². The predicted molar refractivity (Wildman–Crippen MR) is 101 cm³/mol. The molecule has 1 unspecified atom stereocenters. The zero-order chi connectivity index (χ0) is 19.2. The number of nitrogens with zero attached hydrogens (tertiary/aromatic N) is 1. The van der Waals surface area contributed by atoms with Gasteiger partial charge < -0.3 is 15.0 Å². The molecule has 2 aromatic rings. The van der Waals surface area contributed by atoms with Crippen LogP contribution in [0, 0.1) is 0 Å². The summed E-state index contributed by atoms with van der Waals surface area (Å²) in [6.45, 7) is 3.82. The lowest BCUT2D eigenvalue weighted by atomic mass is 9.89. The van der Waals surface area contributed by atoms with Crippen LogP contribution in [0.3, 0.4) is 0 Å². The van der Waals surface area contributed by atoms with Gasteiger partial charge in [0.2, 0.25) is 5.91 Å². The zero-order valence-corrected chi connectivity index (χ0v) is 15.2. The molecule has 2 heterocycles. The number of ether oxygens (including phenoxy) is 1. The van der Waals surface area contributed by atoms with E-state index in [0.717, 1.165) is 23.2 Å². The van der Waals surface area contributed by atoms with Crippen LogP contribution in [0.4, 0.5) is 11.4 Å². The third kappa shape index (κ3) is 2.97. The van der Waals surface area contributed by atoms with E-state index in [4.69, 9.17) is 4.74 Å². The molecule has 6 nitrogen and oxygen atoms in total. The van der Waals surface area contributed by atoms with Crippen LogP contribution >= 0.6 is 0 Å². The van der Waals surface area contributed by atoms with Gasteiger partial charge in [0.15, 0.2) is 5.60 Å². The molecular formula is C21H20N2O4. The van der Waals surface area contributed by atoms with Gasteiger partial charge >= 0.3 is 5.97 Å². The normalized spacial score (nSPS) is 20.5. The monoisotopic (exact) mass is 364 g/mol. The lowest BCUT2D eigenvalue weighted by molar-refractivity contribution is -0.134. The molecule has 6 heteroatoms. The van der Waals surface area contributed by atoms with E-state index in [0.29, 0.717) is 24.2 Å². The summed E-state index contributed by atoms with van der Waals surface area (Å²) in [7, 11) is 0. The van der Waals surface area contributed by atoms with Gasteiger partial charge in [-0.2, -0.15) is 0 Å². The maximum absolute atomic E-state index is 12.9. The van der Waals surface area contributed by atoms with Crippen LogP contribution in [0.5, 0.6) is 0 Å². The van der Waals surface area contributed by atoms with E-state index in [1.165, 1.54) is 0 Å². The summed E-state index contributed by atoms with van der Waals surface area (Å²) in [5, 5.41) is 2.86. The van der Waals surface area contributed by atoms with Crippen LogP contribution in [-0.2, 0) is 27.2 Å². The molecule has 0 aliphatic carbocycles. The summed E-state index contributed by atoms with van der Waals surface area (Å²) in [4.78, 5) is 38.5. The highest BCUT2D eigenvalue weighted by atomic mass is 16.6. The SMILES string of the molecule is CC(=O)N1CCc2cc(NC(=O)C3(C)Cc4ccccc4C(=O)O3)ccc21. The number of carbonyl (C=O) groups is 3. The smallest absolute Gasteiger partial charge is 0.339 e. The lowest BCUT2D eigenvalue weighted by Gasteiger charge is -2.33. The number of carbonyl (C=O) groups excluding carboxylic acids is 3. The van der Waals surface area contributed by atoms with E-state index in [-0.39, 0.29) is 11.8 Å². The second-order valence-corrected chi connectivity index (χ2v) is 7.17. The number of cyclic esters (lactones) is 1. The van der Waals surface area contributed by atoms with Gasteiger partial charge in [-0.3, -0.25) is 9.59 Å². The first-order chi connectivity index (χ1) is 12.9. The highest BCUT2D eigenvalue weighted by molar-refractivity contribution is 6.03. The van der Waals surface area contributed by atoms with Gasteiger partial charge in [0, 0.05) is 31.3 Å². The maximum Gasteiger partial charge on any atom is 0.339 e. The molecule has 2 aliphatic rings. The summed E-state index contributed by atoms with van der Waals surface area (Å²) in [6.07, 6.45) is 1.07. The minimum absolute atomic E-state index is 0.00540. The Bertz CT molecular complexity index is 968. The quantitative estimate of drug-likeness (QED) is 0.832. The molecule has 0 fully saturated rings. The second-order valence-electron chi connectivity index (χ2n) is 7.17. The molecule has 0 bridgehead atoms. The van der Waals surface area contributed by atoms with Gasteiger partial charge in [-0.15, -0.1) is 0 Å². The van der Waals surface area contributed by atoms with Crippen molar-refractivity contribution in [3.05, 3.63) is 59.2 Å². The number of esters is 1. The molecule has 2 aliphatic heterocycles. The van der Waals surface area contributed by atoms with Crippen LogP contribution in [0.2, 0.25) is 0 Å². The van der Waals surface area contributed by atoms with E-state index < -0.39 is 11.6 Å². The van der Waals surface area contributed by atoms with E-state index >= 15 is 0 Å². The number of benzene rings is 2. The molecule has 27 heavy (non-hydrogen) atoms. The first-order valence-corrected chi connectivity index (χ1v) is 8.91. The van der Waals surface area contributed by atoms with Gasteiger partial charge in [-0.1, -0.05) is 18.2 Å². The van der Waals surface area contributed by atoms with Crippen molar-refractivity contribution in [2.75, 3.05) is 16.8 Å². The third-order valence-electron chi connectivity index (χ3n) is 5.18. The van der Waals surface area contributed by atoms with Crippen LogP contribution in [0.25, 0.3) is 0 Å². The molecule has 1 N–H and O–H groups in total. The molecule has 1 atom stereocenters. The second kappa shape index (κ2) is 6.23. The van der Waals surface area contributed by atoms with Crippen LogP contribution in [0.15, 0.2) is 42.5 Å². The topological polar surface area (TPSA) is 75.7 Å². The number of amides is 2. The molecule has 0 spiro atoms. The summed E-state index contributed by atoms with van der Waals surface area (Å²) >= 11 is 0. The molecule has 0 saturated heterocycles. The van der Waals surface area contributed by atoms with Crippen molar-refractivity contribution in [2.45, 2.75) is 32.3 Å². The largest absolute Gasteiger partial charge is 0.445 e. The number of fused-ring (bicyclic) bond motifs is 2. The Balaban J connectivity index is 1.55. The van der Waals surface area contributed by atoms with Gasteiger partial charge in [0.1, 0.15) is 0 Å². The molecule has 0 aromatic heterocycles. The van der Waals surface area contributed by atoms with Crippen LogP contribution in [0.1, 0.15) is 35.3 Å². The first-order valence-electron chi connectivity index (χ1n) is 8.91. The fourth-order valence-electron chi connectivity index (χ4n) is 3.73. The molecule has 0 saturated carbocycles. The Labute approximate surface area is 157 Å². The van der Waals surface area contributed by atoms with Crippen molar-refractivity contribution >= 4 is 29.2 Å². The number of nitrogens with one attached hydrogen (secondary N) is 1. The molecule has 0 radical (unpaired) electrons. The average Bonchev–Trinajstić information content (AvgIpc) is 3.05. The molecular weight excluding hydrogens is 344 g/mol. The van der Waals surface area contributed by atoms with Gasteiger partial charge in [-0.05, 0) is 48.7 Å². The summed E-state index contributed by atoms with van der Waals surface area (Å²) in [5.74, 6) is -0.849. The number of hydrogen-bond donors (Lipinski definition) is 1. The van der Waals surface area contributed by atoms with E-state index in [1.54, 1.807) is 36.9 Å². The Morgan fingerprint density at radius 1 is 1.15 bits per heavy atom. The van der Waals surface area contributed by atoms with Gasteiger partial charge in [-0.25, -0.2) is 4.79 Å². The number of hydrogen-bond acceptors (Lipinski definition) is 4. The minimum Gasteiger partial charge on any atom is -0.445 e. The van der Waals surface area contributed by atoms with Crippen LogP contribution < -0.4 is 10.2 Å². The predicted octanol–water partition coefficient (Wildman–Crippen LogP) is 2.71.